The van der Waals surface area contributed by atoms with Crippen LogP contribution in [-0.4, -0.2) is 19.1 Å². The third kappa shape index (κ3) is 7.28. The van der Waals surface area contributed by atoms with Crippen LogP contribution in [0, 0.1) is 0 Å². The van der Waals surface area contributed by atoms with Gasteiger partial charge in [0.05, 0.1) is 6.61 Å². The minimum Gasteiger partial charge on any atom is -0.463 e. The van der Waals surface area contributed by atoms with Gasteiger partial charge < -0.3 is 10.5 Å². The Morgan fingerprint density at radius 3 is 2.92 bits per heavy atom. The van der Waals surface area contributed by atoms with Crippen molar-refractivity contribution in [2.75, 3.05) is 13.2 Å². The average Bonchev–Trinajstić information content (AvgIpc) is 2.06. The molecule has 0 spiro atoms. The molecule has 0 radical (unpaired) electrons. The van der Waals surface area contributed by atoms with Crippen molar-refractivity contribution in [1.82, 2.24) is 0 Å². The van der Waals surface area contributed by atoms with Gasteiger partial charge in [0.15, 0.2) is 0 Å². The van der Waals surface area contributed by atoms with E-state index in [1.165, 1.54) is 6.08 Å². The van der Waals surface area contributed by atoms with E-state index < -0.39 is 0 Å². The van der Waals surface area contributed by atoms with Crippen molar-refractivity contribution >= 4 is 5.97 Å². The van der Waals surface area contributed by atoms with Crippen molar-refractivity contribution in [3.63, 3.8) is 0 Å². The normalized spacial score (nSPS) is 10.5. The molecule has 2 N–H and O–H groups in total. The highest BCUT2D eigenvalue weighted by Crippen LogP contribution is 1.90. The summed E-state index contributed by atoms with van der Waals surface area (Å²) in [6.45, 7) is 3.14. The summed E-state index contributed by atoms with van der Waals surface area (Å²) in [4.78, 5) is 10.8. The standard InChI is InChI=1S/C9H17NO2/c1-2-3-8-12-9(11)6-4-5-7-10/h4,6H,2-3,5,7-8,10H2,1H3/b6-4+. The van der Waals surface area contributed by atoms with Crippen LogP contribution in [0.1, 0.15) is 26.2 Å². The number of carbonyl (C=O) groups is 1. The molecule has 0 amide bonds. The van der Waals surface area contributed by atoms with Crippen molar-refractivity contribution in [2.45, 2.75) is 26.2 Å². The molecule has 0 atom stereocenters. The highest BCUT2D eigenvalue weighted by atomic mass is 16.5. The maximum Gasteiger partial charge on any atom is 0.330 e. The summed E-state index contributed by atoms with van der Waals surface area (Å²) >= 11 is 0. The zero-order valence-corrected chi connectivity index (χ0v) is 7.58. The van der Waals surface area contributed by atoms with Gasteiger partial charge in [-0.25, -0.2) is 4.79 Å². The number of esters is 1. The molecule has 70 valence electrons. The molecule has 0 aromatic rings. The van der Waals surface area contributed by atoms with Gasteiger partial charge in [-0.05, 0) is 19.4 Å². The van der Waals surface area contributed by atoms with Crippen molar-refractivity contribution in [3.05, 3.63) is 12.2 Å². The van der Waals surface area contributed by atoms with Crippen LogP contribution in [0.15, 0.2) is 12.2 Å². The Kier molecular flexibility index (Phi) is 7.70. The van der Waals surface area contributed by atoms with Crippen molar-refractivity contribution in [2.24, 2.45) is 5.73 Å². The van der Waals surface area contributed by atoms with Crippen LogP contribution in [0.2, 0.25) is 0 Å². The molecule has 0 aliphatic carbocycles. The quantitative estimate of drug-likeness (QED) is 0.371. The largest absolute Gasteiger partial charge is 0.463 e. The lowest BCUT2D eigenvalue weighted by Gasteiger charge is -1.98. The SMILES string of the molecule is CCCCOC(=O)/C=C/CCN. The predicted octanol–water partition coefficient (Wildman–Crippen LogP) is 1.23. The van der Waals surface area contributed by atoms with E-state index in [1.807, 2.05) is 0 Å². The second-order valence-corrected chi connectivity index (χ2v) is 2.50. The van der Waals surface area contributed by atoms with E-state index in [0.717, 1.165) is 19.3 Å². The fourth-order valence-corrected chi connectivity index (χ4v) is 0.641. The Morgan fingerprint density at radius 2 is 2.33 bits per heavy atom. The summed E-state index contributed by atoms with van der Waals surface area (Å²) in [6, 6.07) is 0. The second-order valence-electron chi connectivity index (χ2n) is 2.50. The summed E-state index contributed by atoms with van der Waals surface area (Å²) in [6.07, 6.45) is 5.86. The van der Waals surface area contributed by atoms with E-state index in [0.29, 0.717) is 13.2 Å². The van der Waals surface area contributed by atoms with Gasteiger partial charge in [-0.1, -0.05) is 19.4 Å². The molecule has 0 saturated heterocycles. The van der Waals surface area contributed by atoms with Gasteiger partial charge in [0.1, 0.15) is 0 Å². The molecular formula is C9H17NO2. The first-order valence-corrected chi connectivity index (χ1v) is 4.34. The Hall–Kier alpha value is -0.830. The molecule has 12 heavy (non-hydrogen) atoms. The lowest BCUT2D eigenvalue weighted by atomic mass is 10.3. The Morgan fingerprint density at radius 1 is 1.58 bits per heavy atom. The number of hydrogen-bond acceptors (Lipinski definition) is 3. The van der Waals surface area contributed by atoms with Crippen LogP contribution < -0.4 is 5.73 Å². The van der Waals surface area contributed by atoms with Crippen LogP contribution in [0.5, 0.6) is 0 Å². The molecule has 0 aliphatic heterocycles. The summed E-state index contributed by atoms with van der Waals surface area (Å²) in [5.41, 5.74) is 5.23. The van der Waals surface area contributed by atoms with Gasteiger partial charge in [0.2, 0.25) is 0 Å². The van der Waals surface area contributed by atoms with Gasteiger partial charge >= 0.3 is 5.97 Å². The molecule has 0 heterocycles. The number of hydrogen-bond donors (Lipinski definition) is 1. The van der Waals surface area contributed by atoms with Gasteiger partial charge in [-0.15, -0.1) is 0 Å². The minimum atomic E-state index is -0.267. The number of rotatable bonds is 6. The fraction of sp³-hybridized carbons (Fsp3) is 0.667. The third-order valence-electron chi connectivity index (χ3n) is 1.33. The molecule has 0 saturated carbocycles. The molecule has 0 aromatic carbocycles. The van der Waals surface area contributed by atoms with Crippen molar-refractivity contribution in [3.8, 4) is 0 Å². The Labute approximate surface area is 73.6 Å². The summed E-state index contributed by atoms with van der Waals surface area (Å²) < 4.78 is 4.86. The molecule has 3 heteroatoms. The number of ether oxygens (including phenoxy) is 1. The molecule has 0 bridgehead atoms. The average molecular weight is 171 g/mol. The zero-order valence-electron chi connectivity index (χ0n) is 7.58. The van der Waals surface area contributed by atoms with E-state index in [1.54, 1.807) is 6.08 Å². The van der Waals surface area contributed by atoms with Crippen molar-refractivity contribution < 1.29 is 9.53 Å². The van der Waals surface area contributed by atoms with Crippen LogP contribution in [-0.2, 0) is 9.53 Å². The summed E-state index contributed by atoms with van der Waals surface area (Å²) in [5, 5.41) is 0. The number of unbranched alkanes of at least 4 members (excludes halogenated alkanes) is 1. The molecule has 0 rings (SSSR count). The zero-order chi connectivity index (χ0) is 9.23. The minimum absolute atomic E-state index is 0.267. The molecule has 0 fully saturated rings. The van der Waals surface area contributed by atoms with Crippen LogP contribution >= 0.6 is 0 Å². The summed E-state index contributed by atoms with van der Waals surface area (Å²) in [5.74, 6) is -0.267. The van der Waals surface area contributed by atoms with E-state index >= 15 is 0 Å². The lowest BCUT2D eigenvalue weighted by Crippen LogP contribution is -2.02. The Balaban J connectivity index is 3.33. The fourth-order valence-electron chi connectivity index (χ4n) is 0.641. The van der Waals surface area contributed by atoms with Gasteiger partial charge in [-0.3, -0.25) is 0 Å². The molecule has 0 aliphatic rings. The maximum atomic E-state index is 10.8. The smallest absolute Gasteiger partial charge is 0.330 e. The predicted molar refractivity (Wildman–Crippen MR) is 48.7 cm³/mol. The van der Waals surface area contributed by atoms with Gasteiger partial charge in [0, 0.05) is 6.08 Å². The van der Waals surface area contributed by atoms with E-state index in [9.17, 15) is 4.79 Å². The molecule has 3 nitrogen and oxygen atoms in total. The maximum absolute atomic E-state index is 10.8. The molecule has 0 aromatic heterocycles. The summed E-state index contributed by atoms with van der Waals surface area (Å²) in [7, 11) is 0. The Bertz CT molecular complexity index is 143. The van der Waals surface area contributed by atoms with Crippen LogP contribution in [0.25, 0.3) is 0 Å². The number of nitrogens with two attached hydrogens (primary N) is 1. The van der Waals surface area contributed by atoms with Crippen LogP contribution in [0.3, 0.4) is 0 Å². The first-order valence-electron chi connectivity index (χ1n) is 4.34. The highest BCUT2D eigenvalue weighted by Gasteiger charge is 1.93. The first-order chi connectivity index (χ1) is 5.81. The van der Waals surface area contributed by atoms with E-state index in [2.05, 4.69) is 6.92 Å². The first kappa shape index (κ1) is 11.2. The van der Waals surface area contributed by atoms with Gasteiger partial charge in [0.25, 0.3) is 0 Å². The van der Waals surface area contributed by atoms with Crippen molar-refractivity contribution in [1.29, 1.82) is 0 Å². The van der Waals surface area contributed by atoms with Crippen LogP contribution in [0.4, 0.5) is 0 Å². The topological polar surface area (TPSA) is 52.3 Å². The second kappa shape index (κ2) is 8.27. The number of carbonyl (C=O) groups excluding carboxylic acids is 1. The van der Waals surface area contributed by atoms with E-state index in [4.69, 9.17) is 10.5 Å². The highest BCUT2D eigenvalue weighted by molar-refractivity contribution is 5.81. The lowest BCUT2D eigenvalue weighted by molar-refractivity contribution is -0.137. The molecular weight excluding hydrogens is 154 g/mol. The monoisotopic (exact) mass is 171 g/mol. The van der Waals surface area contributed by atoms with E-state index in [-0.39, 0.29) is 5.97 Å². The van der Waals surface area contributed by atoms with Gasteiger partial charge in [-0.2, -0.15) is 0 Å². The third-order valence-corrected chi connectivity index (χ3v) is 1.33. The molecule has 0 unspecified atom stereocenters.